The first-order valence-electron chi connectivity index (χ1n) is 7.09. The molecule has 0 aromatic heterocycles. The summed E-state index contributed by atoms with van der Waals surface area (Å²) in [4.78, 5) is 2.35. The fourth-order valence-electron chi connectivity index (χ4n) is 1.93. The van der Waals surface area contributed by atoms with Crippen LogP contribution in [-0.4, -0.2) is 44.2 Å². The second-order valence-electron chi connectivity index (χ2n) is 5.48. The third-order valence-corrected chi connectivity index (χ3v) is 3.54. The second kappa shape index (κ2) is 8.18. The summed E-state index contributed by atoms with van der Waals surface area (Å²) in [5.74, 6) is 0.919. The Hall–Kier alpha value is -1.06. The quantitative estimate of drug-likeness (QED) is 0.781. The molecular weight excluding hydrogens is 236 g/mol. The molecule has 0 aliphatic heterocycles. The van der Waals surface area contributed by atoms with Crippen molar-refractivity contribution in [2.45, 2.75) is 39.3 Å². The van der Waals surface area contributed by atoms with Crippen molar-refractivity contribution < 1.29 is 4.74 Å². The van der Waals surface area contributed by atoms with Crippen LogP contribution in [-0.2, 0) is 6.42 Å². The fourth-order valence-corrected chi connectivity index (χ4v) is 1.93. The Morgan fingerprint density at radius 3 is 2.32 bits per heavy atom. The summed E-state index contributed by atoms with van der Waals surface area (Å²) in [6.07, 6.45) is 1.05. The van der Waals surface area contributed by atoms with E-state index in [1.54, 1.807) is 7.11 Å². The SMILES string of the molecule is COc1ccc(CC(C)NCCN(C)C(C)C)cc1. The fraction of sp³-hybridized carbons (Fsp3) is 0.625. The Labute approximate surface area is 118 Å². The van der Waals surface area contributed by atoms with Crippen molar-refractivity contribution in [1.82, 2.24) is 10.2 Å². The second-order valence-corrected chi connectivity index (χ2v) is 5.48. The van der Waals surface area contributed by atoms with Gasteiger partial charge in [0.05, 0.1) is 7.11 Å². The zero-order valence-electron chi connectivity index (χ0n) is 12.9. The van der Waals surface area contributed by atoms with E-state index in [2.05, 4.69) is 50.2 Å². The minimum Gasteiger partial charge on any atom is -0.497 e. The molecule has 3 heteroatoms. The molecule has 1 aromatic rings. The summed E-state index contributed by atoms with van der Waals surface area (Å²) >= 11 is 0. The monoisotopic (exact) mass is 264 g/mol. The topological polar surface area (TPSA) is 24.5 Å². The van der Waals surface area contributed by atoms with Gasteiger partial charge in [0.15, 0.2) is 0 Å². The normalized spacial score (nSPS) is 13.0. The Kier molecular flexibility index (Phi) is 6.89. The van der Waals surface area contributed by atoms with Crippen molar-refractivity contribution >= 4 is 0 Å². The molecule has 1 aromatic carbocycles. The lowest BCUT2D eigenvalue weighted by molar-refractivity contribution is 0.269. The summed E-state index contributed by atoms with van der Waals surface area (Å²) in [5.41, 5.74) is 1.35. The molecule has 0 bridgehead atoms. The number of methoxy groups -OCH3 is 1. The van der Waals surface area contributed by atoms with Crippen molar-refractivity contribution in [3.63, 3.8) is 0 Å². The van der Waals surface area contributed by atoms with E-state index in [9.17, 15) is 0 Å². The predicted molar refractivity (Wildman–Crippen MR) is 81.9 cm³/mol. The number of nitrogens with zero attached hydrogens (tertiary/aromatic N) is 1. The van der Waals surface area contributed by atoms with E-state index in [-0.39, 0.29) is 0 Å². The molecule has 1 atom stereocenters. The summed E-state index contributed by atoms with van der Waals surface area (Å²) in [5, 5.41) is 3.57. The Morgan fingerprint density at radius 1 is 1.16 bits per heavy atom. The van der Waals surface area contributed by atoms with Crippen molar-refractivity contribution in [3.8, 4) is 5.75 Å². The number of nitrogens with one attached hydrogen (secondary N) is 1. The standard InChI is InChI=1S/C16H28N2O/c1-13(2)18(4)11-10-17-14(3)12-15-6-8-16(19-5)9-7-15/h6-9,13-14,17H,10-12H2,1-5H3. The first kappa shape index (κ1) is 16.0. The van der Waals surface area contributed by atoms with Crippen LogP contribution in [0.3, 0.4) is 0 Å². The maximum atomic E-state index is 5.17. The van der Waals surface area contributed by atoms with Gasteiger partial charge in [0.1, 0.15) is 5.75 Å². The summed E-state index contributed by atoms with van der Waals surface area (Å²) in [7, 11) is 3.87. The van der Waals surface area contributed by atoms with Crippen LogP contribution in [0.1, 0.15) is 26.3 Å². The number of rotatable bonds is 8. The van der Waals surface area contributed by atoms with Crippen LogP contribution in [0.15, 0.2) is 24.3 Å². The minimum absolute atomic E-state index is 0.494. The lowest BCUT2D eigenvalue weighted by Gasteiger charge is -2.22. The highest BCUT2D eigenvalue weighted by atomic mass is 16.5. The number of hydrogen-bond acceptors (Lipinski definition) is 3. The van der Waals surface area contributed by atoms with Crippen LogP contribution >= 0.6 is 0 Å². The van der Waals surface area contributed by atoms with Crippen LogP contribution in [0.25, 0.3) is 0 Å². The van der Waals surface area contributed by atoms with Gasteiger partial charge in [0.2, 0.25) is 0 Å². The maximum Gasteiger partial charge on any atom is 0.118 e. The van der Waals surface area contributed by atoms with Gasteiger partial charge in [-0.1, -0.05) is 12.1 Å². The van der Waals surface area contributed by atoms with Crippen LogP contribution in [0.4, 0.5) is 0 Å². The van der Waals surface area contributed by atoms with E-state index < -0.39 is 0 Å². The van der Waals surface area contributed by atoms with Crippen molar-refractivity contribution in [2.75, 3.05) is 27.2 Å². The van der Waals surface area contributed by atoms with Gasteiger partial charge in [-0.2, -0.15) is 0 Å². The molecule has 1 unspecified atom stereocenters. The maximum absolute atomic E-state index is 5.17. The molecule has 0 amide bonds. The lowest BCUT2D eigenvalue weighted by atomic mass is 10.1. The van der Waals surface area contributed by atoms with E-state index >= 15 is 0 Å². The third kappa shape index (κ3) is 6.08. The number of ether oxygens (including phenoxy) is 1. The summed E-state index contributed by atoms with van der Waals surface area (Å²) < 4.78 is 5.17. The van der Waals surface area contributed by atoms with Gasteiger partial charge < -0.3 is 15.0 Å². The number of likely N-dealkylation sites (N-methyl/N-ethyl adjacent to an activating group) is 1. The highest BCUT2D eigenvalue weighted by Gasteiger charge is 2.05. The predicted octanol–water partition coefficient (Wildman–Crippen LogP) is 2.56. The van der Waals surface area contributed by atoms with E-state index in [1.807, 2.05) is 12.1 Å². The molecular formula is C16H28N2O. The molecule has 19 heavy (non-hydrogen) atoms. The largest absolute Gasteiger partial charge is 0.497 e. The van der Waals surface area contributed by atoms with Crippen LogP contribution < -0.4 is 10.1 Å². The van der Waals surface area contributed by atoms with Gasteiger partial charge in [-0.15, -0.1) is 0 Å². The smallest absolute Gasteiger partial charge is 0.118 e. The Bertz CT molecular complexity index is 348. The Balaban J connectivity index is 2.28. The van der Waals surface area contributed by atoms with Gasteiger partial charge in [-0.3, -0.25) is 0 Å². The molecule has 1 rings (SSSR count). The highest BCUT2D eigenvalue weighted by Crippen LogP contribution is 2.12. The molecule has 0 saturated carbocycles. The van der Waals surface area contributed by atoms with E-state index in [0.717, 1.165) is 25.3 Å². The Morgan fingerprint density at radius 2 is 1.79 bits per heavy atom. The van der Waals surface area contributed by atoms with Crippen molar-refractivity contribution in [3.05, 3.63) is 29.8 Å². The molecule has 0 fully saturated rings. The zero-order valence-corrected chi connectivity index (χ0v) is 12.9. The molecule has 0 heterocycles. The average Bonchev–Trinajstić information content (AvgIpc) is 2.39. The minimum atomic E-state index is 0.494. The van der Waals surface area contributed by atoms with Gasteiger partial charge in [0, 0.05) is 25.2 Å². The number of benzene rings is 1. The third-order valence-electron chi connectivity index (χ3n) is 3.54. The van der Waals surface area contributed by atoms with E-state index in [1.165, 1.54) is 5.56 Å². The van der Waals surface area contributed by atoms with E-state index in [4.69, 9.17) is 4.74 Å². The van der Waals surface area contributed by atoms with Gasteiger partial charge in [-0.05, 0) is 51.9 Å². The number of hydrogen-bond donors (Lipinski definition) is 1. The summed E-state index contributed by atoms with van der Waals surface area (Å²) in [6, 6.07) is 9.42. The molecule has 0 saturated heterocycles. The molecule has 3 nitrogen and oxygen atoms in total. The molecule has 0 radical (unpaired) electrons. The molecule has 1 N–H and O–H groups in total. The lowest BCUT2D eigenvalue weighted by Crippen LogP contribution is -2.37. The molecule has 0 spiro atoms. The van der Waals surface area contributed by atoms with Crippen LogP contribution in [0, 0.1) is 0 Å². The summed E-state index contributed by atoms with van der Waals surface area (Å²) in [6.45, 7) is 8.80. The molecule has 108 valence electrons. The highest BCUT2D eigenvalue weighted by molar-refractivity contribution is 5.27. The first-order valence-corrected chi connectivity index (χ1v) is 7.09. The molecule has 0 aliphatic carbocycles. The first-order chi connectivity index (χ1) is 9.02. The molecule has 0 aliphatic rings. The van der Waals surface area contributed by atoms with Crippen molar-refractivity contribution in [2.24, 2.45) is 0 Å². The van der Waals surface area contributed by atoms with Crippen LogP contribution in [0.5, 0.6) is 5.75 Å². The van der Waals surface area contributed by atoms with Gasteiger partial charge in [0.25, 0.3) is 0 Å². The van der Waals surface area contributed by atoms with Gasteiger partial charge in [-0.25, -0.2) is 0 Å². The average molecular weight is 264 g/mol. The zero-order chi connectivity index (χ0) is 14.3. The van der Waals surface area contributed by atoms with Crippen molar-refractivity contribution in [1.29, 1.82) is 0 Å². The van der Waals surface area contributed by atoms with Crippen LogP contribution in [0.2, 0.25) is 0 Å². The van der Waals surface area contributed by atoms with Gasteiger partial charge >= 0.3 is 0 Å². The van der Waals surface area contributed by atoms with E-state index in [0.29, 0.717) is 12.1 Å².